The van der Waals surface area contributed by atoms with Crippen molar-refractivity contribution in [1.82, 2.24) is 0 Å². The van der Waals surface area contributed by atoms with E-state index < -0.39 is 0 Å². The van der Waals surface area contributed by atoms with Gasteiger partial charge in [-0.2, -0.15) is 0 Å². The molecule has 0 aromatic heterocycles. The fraction of sp³-hybridized carbons (Fsp3) is 0.600. The Morgan fingerprint density at radius 3 is 2.27 bits per heavy atom. The number of ether oxygens (including phenoxy) is 1. The molecule has 2 rings (SSSR count). The van der Waals surface area contributed by atoms with Crippen molar-refractivity contribution in [3.63, 3.8) is 0 Å². The van der Waals surface area contributed by atoms with E-state index in [2.05, 4.69) is 78.8 Å². The van der Waals surface area contributed by atoms with Gasteiger partial charge in [0.2, 0.25) is 0 Å². The van der Waals surface area contributed by atoms with E-state index in [0.29, 0.717) is 0 Å². The van der Waals surface area contributed by atoms with E-state index in [9.17, 15) is 0 Å². The minimum Gasteiger partial charge on any atom is -0.354 e. The van der Waals surface area contributed by atoms with Gasteiger partial charge in [-0.25, -0.2) is 0 Å². The number of hydrogen-bond donors (Lipinski definition) is 0. The molecule has 0 radical (unpaired) electrons. The van der Waals surface area contributed by atoms with E-state index in [1.807, 2.05) is 11.8 Å². The first-order valence-electron chi connectivity index (χ1n) is 8.17. The molecule has 0 saturated carbocycles. The zero-order chi connectivity index (χ0) is 16.6. The number of rotatable bonds is 3. The number of thioether (sulfide) groups is 1. The van der Waals surface area contributed by atoms with Crippen molar-refractivity contribution in [2.75, 3.05) is 0 Å². The third-order valence-corrected chi connectivity index (χ3v) is 5.11. The summed E-state index contributed by atoms with van der Waals surface area (Å²) in [5.74, 6) is 0. The number of allylic oxidation sites excluding steroid dienone is 5. The Labute approximate surface area is 140 Å². The molecule has 2 aliphatic rings. The molecule has 1 atom stereocenters. The van der Waals surface area contributed by atoms with Crippen LogP contribution in [0.1, 0.15) is 61.3 Å². The summed E-state index contributed by atoms with van der Waals surface area (Å²) in [5.41, 5.74) is 2.63. The fourth-order valence-corrected chi connectivity index (χ4v) is 4.66. The second kappa shape index (κ2) is 6.05. The topological polar surface area (TPSA) is 9.23 Å². The molecule has 1 unspecified atom stereocenters. The largest absolute Gasteiger partial charge is 0.354 e. The average molecular weight is 319 g/mol. The predicted octanol–water partition coefficient (Wildman–Crippen LogP) is 6.40. The summed E-state index contributed by atoms with van der Waals surface area (Å²) in [7, 11) is 0. The van der Waals surface area contributed by atoms with Crippen LogP contribution in [0.2, 0.25) is 0 Å². The van der Waals surface area contributed by atoms with Gasteiger partial charge in [0.05, 0.1) is 5.60 Å². The lowest BCUT2D eigenvalue weighted by molar-refractivity contribution is -0.0673. The molecule has 0 spiro atoms. The van der Waals surface area contributed by atoms with E-state index in [-0.39, 0.29) is 15.9 Å². The molecule has 0 aromatic carbocycles. The zero-order valence-electron chi connectivity index (χ0n) is 15.1. The van der Waals surface area contributed by atoms with Crippen LogP contribution in [0.4, 0.5) is 0 Å². The second-order valence-corrected chi connectivity index (χ2v) is 9.61. The predicted molar refractivity (Wildman–Crippen MR) is 98.9 cm³/mol. The van der Waals surface area contributed by atoms with Gasteiger partial charge in [0.25, 0.3) is 0 Å². The third kappa shape index (κ3) is 4.17. The Balaban J connectivity index is 2.47. The van der Waals surface area contributed by atoms with Crippen molar-refractivity contribution in [2.45, 2.75) is 71.8 Å². The van der Waals surface area contributed by atoms with Crippen LogP contribution in [0.15, 0.2) is 46.4 Å². The van der Waals surface area contributed by atoms with Crippen LogP contribution in [0.5, 0.6) is 0 Å². The molecular formula is C20H30OS. The lowest BCUT2D eigenvalue weighted by atomic mass is 9.78. The van der Waals surface area contributed by atoms with E-state index in [0.717, 1.165) is 12.8 Å². The highest BCUT2D eigenvalue weighted by Crippen LogP contribution is 2.53. The quantitative estimate of drug-likeness (QED) is 0.557. The van der Waals surface area contributed by atoms with Crippen molar-refractivity contribution in [3.8, 4) is 0 Å². The highest BCUT2D eigenvalue weighted by molar-refractivity contribution is 8.04. The Hall–Kier alpha value is -0.730. The van der Waals surface area contributed by atoms with Gasteiger partial charge in [-0.15, -0.1) is 0 Å². The first kappa shape index (κ1) is 17.6. The van der Waals surface area contributed by atoms with Crippen molar-refractivity contribution < 1.29 is 4.74 Å². The second-order valence-electron chi connectivity index (χ2n) is 8.27. The maximum Gasteiger partial charge on any atom is 0.144 e. The molecule has 0 N–H and O–H groups in total. The standard InChI is InChI=1S/C20H30OS/c1-15-12-13-20(21-19(5,6)7,17(14-15)18(2,3)4)22-16-10-8-9-11-16/h8,10-12,14H,9,13H2,1-7H3. The molecule has 0 aromatic rings. The van der Waals surface area contributed by atoms with Crippen molar-refractivity contribution in [3.05, 3.63) is 46.4 Å². The van der Waals surface area contributed by atoms with Crippen LogP contribution in [0.3, 0.4) is 0 Å². The van der Waals surface area contributed by atoms with Gasteiger partial charge in [0.15, 0.2) is 0 Å². The molecule has 0 aliphatic heterocycles. The van der Waals surface area contributed by atoms with E-state index in [4.69, 9.17) is 4.74 Å². The molecule has 2 aliphatic carbocycles. The molecule has 122 valence electrons. The minimum atomic E-state index is -0.309. The van der Waals surface area contributed by atoms with Crippen molar-refractivity contribution in [2.24, 2.45) is 5.41 Å². The first-order valence-corrected chi connectivity index (χ1v) is 8.99. The van der Waals surface area contributed by atoms with E-state index >= 15 is 0 Å². The Bertz CT molecular complexity index is 549. The van der Waals surface area contributed by atoms with Crippen LogP contribution in [0, 0.1) is 5.41 Å². The minimum absolute atomic E-state index is 0.0800. The highest BCUT2D eigenvalue weighted by Gasteiger charge is 2.45. The molecule has 0 amide bonds. The van der Waals surface area contributed by atoms with E-state index in [1.165, 1.54) is 16.1 Å². The maximum atomic E-state index is 6.69. The summed E-state index contributed by atoms with van der Waals surface area (Å²) in [4.78, 5) is 1.02. The molecule has 0 bridgehead atoms. The highest BCUT2D eigenvalue weighted by atomic mass is 32.2. The van der Waals surface area contributed by atoms with Gasteiger partial charge in [-0.3, -0.25) is 0 Å². The zero-order valence-corrected chi connectivity index (χ0v) is 15.9. The van der Waals surface area contributed by atoms with Crippen LogP contribution in [0.25, 0.3) is 0 Å². The molecule has 0 heterocycles. The summed E-state index contributed by atoms with van der Waals surface area (Å²) in [6, 6.07) is 0. The summed E-state index contributed by atoms with van der Waals surface area (Å²) in [6.07, 6.45) is 13.4. The van der Waals surface area contributed by atoms with Crippen LogP contribution in [-0.2, 0) is 4.74 Å². The number of hydrogen-bond acceptors (Lipinski definition) is 2. The van der Waals surface area contributed by atoms with Crippen LogP contribution in [-0.4, -0.2) is 10.5 Å². The van der Waals surface area contributed by atoms with Gasteiger partial charge in [-0.1, -0.05) is 68.5 Å². The van der Waals surface area contributed by atoms with Crippen LogP contribution < -0.4 is 0 Å². The third-order valence-electron chi connectivity index (χ3n) is 3.77. The van der Waals surface area contributed by atoms with Gasteiger partial charge < -0.3 is 4.74 Å². The monoisotopic (exact) mass is 318 g/mol. The SMILES string of the molecule is CC1=CCC(OC(C)(C)C)(SC2=CCC=C2)C(C(C)(C)C)=C1. The first-order chi connectivity index (χ1) is 10.0. The molecule has 22 heavy (non-hydrogen) atoms. The maximum absolute atomic E-state index is 6.69. The lowest BCUT2D eigenvalue weighted by Crippen LogP contribution is -2.43. The van der Waals surface area contributed by atoms with Gasteiger partial charge in [0, 0.05) is 11.3 Å². The van der Waals surface area contributed by atoms with Gasteiger partial charge in [-0.05, 0) is 45.1 Å². The molecule has 0 saturated heterocycles. The summed E-state index contributed by atoms with van der Waals surface area (Å²) >= 11 is 1.88. The average Bonchev–Trinajstić information content (AvgIpc) is 2.81. The fourth-order valence-electron chi connectivity index (χ4n) is 3.00. The van der Waals surface area contributed by atoms with Gasteiger partial charge >= 0.3 is 0 Å². The van der Waals surface area contributed by atoms with Crippen molar-refractivity contribution >= 4 is 11.8 Å². The molecule has 2 heteroatoms. The Kier molecular flexibility index (Phi) is 4.85. The summed E-state index contributed by atoms with van der Waals surface area (Å²) in [6.45, 7) is 15.5. The Morgan fingerprint density at radius 2 is 1.77 bits per heavy atom. The van der Waals surface area contributed by atoms with E-state index in [1.54, 1.807) is 0 Å². The Morgan fingerprint density at radius 1 is 1.09 bits per heavy atom. The molecule has 0 fully saturated rings. The summed E-state index contributed by atoms with van der Waals surface area (Å²) in [5, 5.41) is 0. The molecule has 1 nitrogen and oxygen atoms in total. The lowest BCUT2D eigenvalue weighted by Gasteiger charge is -2.46. The molecular weight excluding hydrogens is 288 g/mol. The summed E-state index contributed by atoms with van der Waals surface area (Å²) < 4.78 is 6.69. The smallest absolute Gasteiger partial charge is 0.144 e. The normalized spacial score (nSPS) is 25.9. The van der Waals surface area contributed by atoms with Crippen LogP contribution >= 0.6 is 11.8 Å². The van der Waals surface area contributed by atoms with Gasteiger partial charge in [0.1, 0.15) is 4.93 Å². The van der Waals surface area contributed by atoms with Crippen molar-refractivity contribution in [1.29, 1.82) is 0 Å².